The number of likely N-dealkylation sites (N-methyl/N-ethyl adjacent to an activating group) is 1. The van der Waals surface area contributed by atoms with Gasteiger partial charge in [-0.1, -0.05) is 23.8 Å². The number of benzene rings is 1. The summed E-state index contributed by atoms with van der Waals surface area (Å²) >= 11 is 1.24. The highest BCUT2D eigenvalue weighted by atomic mass is 32.1. The van der Waals surface area contributed by atoms with E-state index in [0.29, 0.717) is 10.6 Å². The molecule has 1 aromatic carbocycles. The van der Waals surface area contributed by atoms with Crippen molar-refractivity contribution in [3.8, 4) is 0 Å². The van der Waals surface area contributed by atoms with Crippen LogP contribution in [-0.2, 0) is 14.3 Å². The Balaban J connectivity index is 1.85. The van der Waals surface area contributed by atoms with Gasteiger partial charge < -0.3 is 15.0 Å². The van der Waals surface area contributed by atoms with Crippen LogP contribution in [0.5, 0.6) is 0 Å². The molecule has 2 aromatic rings. The Hall–Kier alpha value is -2.67. The molecule has 0 saturated heterocycles. The Kier molecular flexibility index (Phi) is 6.30. The number of nitrogens with one attached hydrogen (secondary N) is 1. The molecular weight excluding hydrogens is 340 g/mol. The third kappa shape index (κ3) is 5.42. The average molecular weight is 360 g/mol. The van der Waals surface area contributed by atoms with Crippen LogP contribution in [0.2, 0.25) is 0 Å². The molecule has 1 aromatic heterocycles. The zero-order chi connectivity index (χ0) is 18.4. The van der Waals surface area contributed by atoms with Gasteiger partial charge in [0, 0.05) is 12.7 Å². The largest absolute Gasteiger partial charge is 0.448 e. The Bertz CT molecular complexity index is 741. The molecular formula is C18H20N2O4S. The molecule has 0 radical (unpaired) electrons. The number of nitrogens with zero attached hydrogens (tertiary/aromatic N) is 1. The molecule has 25 heavy (non-hydrogen) atoms. The van der Waals surface area contributed by atoms with Gasteiger partial charge in [-0.25, -0.2) is 4.79 Å². The summed E-state index contributed by atoms with van der Waals surface area (Å²) in [6.45, 7) is 3.31. The quantitative estimate of drug-likeness (QED) is 0.804. The van der Waals surface area contributed by atoms with Crippen molar-refractivity contribution in [1.29, 1.82) is 0 Å². The number of ether oxygens (including phenoxy) is 1. The number of carbonyl (C=O) groups excluding carboxylic acids is 3. The summed E-state index contributed by atoms with van der Waals surface area (Å²) < 4.78 is 5.14. The molecule has 0 fully saturated rings. The molecule has 1 N–H and O–H groups in total. The Morgan fingerprint density at radius 1 is 1.20 bits per heavy atom. The lowest BCUT2D eigenvalue weighted by Gasteiger charge is -2.21. The average Bonchev–Trinajstić information content (AvgIpc) is 3.10. The summed E-state index contributed by atoms with van der Waals surface area (Å²) in [4.78, 5) is 37.8. The fraction of sp³-hybridized carbons (Fsp3) is 0.278. The number of hydrogen-bond acceptors (Lipinski definition) is 5. The Morgan fingerprint density at radius 3 is 2.48 bits per heavy atom. The van der Waals surface area contributed by atoms with Crippen LogP contribution in [0.3, 0.4) is 0 Å². The fourth-order valence-electron chi connectivity index (χ4n) is 2.10. The zero-order valence-corrected chi connectivity index (χ0v) is 15.1. The molecule has 132 valence electrons. The smallest absolute Gasteiger partial charge is 0.349 e. The molecule has 0 aliphatic heterocycles. The monoisotopic (exact) mass is 360 g/mol. The van der Waals surface area contributed by atoms with Gasteiger partial charge in [0.1, 0.15) is 4.88 Å². The lowest BCUT2D eigenvalue weighted by molar-refractivity contribution is -0.140. The lowest BCUT2D eigenvalue weighted by atomic mass is 10.2. The van der Waals surface area contributed by atoms with Crippen molar-refractivity contribution in [1.82, 2.24) is 4.90 Å². The minimum Gasteiger partial charge on any atom is -0.448 e. The van der Waals surface area contributed by atoms with Crippen LogP contribution in [-0.4, -0.2) is 42.4 Å². The molecule has 6 nitrogen and oxygen atoms in total. The van der Waals surface area contributed by atoms with Gasteiger partial charge in [-0.3, -0.25) is 9.59 Å². The molecule has 2 rings (SSSR count). The minimum atomic E-state index is -0.966. The summed E-state index contributed by atoms with van der Waals surface area (Å²) in [5.41, 5.74) is 1.75. The van der Waals surface area contributed by atoms with Crippen molar-refractivity contribution in [2.75, 3.05) is 18.9 Å². The Morgan fingerprint density at radius 2 is 1.88 bits per heavy atom. The first-order chi connectivity index (χ1) is 11.9. The Labute approximate surface area is 150 Å². The van der Waals surface area contributed by atoms with E-state index in [1.165, 1.54) is 30.2 Å². The maximum absolute atomic E-state index is 12.3. The van der Waals surface area contributed by atoms with Crippen molar-refractivity contribution < 1.29 is 19.1 Å². The standard InChI is InChI=1S/C18H20N2O4S/c1-12-6-8-14(9-7-12)19-16(21)11-20(3)17(22)13(2)24-18(23)15-5-4-10-25-15/h4-10,13H,11H2,1-3H3,(H,19,21)/t13-/m1/s1. The van der Waals surface area contributed by atoms with Crippen LogP contribution < -0.4 is 5.32 Å². The van der Waals surface area contributed by atoms with E-state index >= 15 is 0 Å². The van der Waals surface area contributed by atoms with E-state index in [1.54, 1.807) is 29.6 Å². The predicted octanol–water partition coefficient (Wildman–Crippen LogP) is 2.70. The van der Waals surface area contributed by atoms with Crippen molar-refractivity contribution in [3.63, 3.8) is 0 Å². The van der Waals surface area contributed by atoms with Crippen LogP contribution in [0.4, 0.5) is 5.69 Å². The molecule has 2 amide bonds. The third-order valence-electron chi connectivity index (χ3n) is 3.45. The van der Waals surface area contributed by atoms with Crippen LogP contribution >= 0.6 is 11.3 Å². The molecule has 1 atom stereocenters. The molecule has 0 bridgehead atoms. The highest BCUT2D eigenvalue weighted by Crippen LogP contribution is 2.12. The SMILES string of the molecule is Cc1ccc(NC(=O)CN(C)C(=O)[C@@H](C)OC(=O)c2cccs2)cc1. The van der Waals surface area contributed by atoms with Crippen LogP contribution in [0, 0.1) is 6.92 Å². The van der Waals surface area contributed by atoms with Crippen LogP contribution in [0.1, 0.15) is 22.2 Å². The summed E-state index contributed by atoms with van der Waals surface area (Å²) in [7, 11) is 1.49. The summed E-state index contributed by atoms with van der Waals surface area (Å²) in [5, 5.41) is 4.47. The van der Waals surface area contributed by atoms with E-state index in [1.807, 2.05) is 19.1 Å². The van der Waals surface area contributed by atoms with E-state index < -0.39 is 18.0 Å². The molecule has 0 unspecified atom stereocenters. The molecule has 0 spiro atoms. The minimum absolute atomic E-state index is 0.131. The second-order valence-corrected chi connectivity index (χ2v) is 6.58. The summed E-state index contributed by atoms with van der Waals surface area (Å²) in [6.07, 6.45) is -0.966. The van der Waals surface area contributed by atoms with Crippen molar-refractivity contribution in [2.45, 2.75) is 20.0 Å². The summed E-state index contributed by atoms with van der Waals surface area (Å²) in [5.74, 6) is -1.31. The number of rotatable bonds is 6. The summed E-state index contributed by atoms with van der Waals surface area (Å²) in [6, 6.07) is 10.7. The van der Waals surface area contributed by atoms with Crippen molar-refractivity contribution in [2.24, 2.45) is 0 Å². The third-order valence-corrected chi connectivity index (χ3v) is 4.30. The number of thiophene rings is 1. The van der Waals surface area contributed by atoms with Gasteiger partial charge in [0.05, 0.1) is 6.54 Å². The maximum atomic E-state index is 12.3. The molecule has 7 heteroatoms. The number of esters is 1. The van der Waals surface area contributed by atoms with Gasteiger partial charge in [-0.05, 0) is 37.4 Å². The van der Waals surface area contributed by atoms with Gasteiger partial charge in [0.2, 0.25) is 5.91 Å². The predicted molar refractivity (Wildman–Crippen MR) is 96.6 cm³/mol. The van der Waals surface area contributed by atoms with E-state index in [2.05, 4.69) is 5.32 Å². The molecule has 0 saturated carbocycles. The molecule has 0 aliphatic carbocycles. The number of carbonyl (C=O) groups is 3. The van der Waals surface area contributed by atoms with Gasteiger partial charge in [0.25, 0.3) is 5.91 Å². The molecule has 1 heterocycles. The first kappa shape index (κ1) is 18.7. The van der Waals surface area contributed by atoms with Crippen molar-refractivity contribution in [3.05, 3.63) is 52.2 Å². The lowest BCUT2D eigenvalue weighted by Crippen LogP contribution is -2.41. The number of aryl methyl sites for hydroxylation is 1. The van der Waals surface area contributed by atoms with Crippen LogP contribution in [0.15, 0.2) is 41.8 Å². The van der Waals surface area contributed by atoms with Gasteiger partial charge >= 0.3 is 5.97 Å². The van der Waals surface area contributed by atoms with Gasteiger partial charge in [-0.15, -0.1) is 11.3 Å². The maximum Gasteiger partial charge on any atom is 0.349 e. The number of anilines is 1. The first-order valence-corrected chi connectivity index (χ1v) is 8.61. The van der Waals surface area contributed by atoms with Gasteiger partial charge in [0.15, 0.2) is 6.10 Å². The molecule has 0 aliphatic rings. The number of amides is 2. The normalized spacial score (nSPS) is 11.5. The van der Waals surface area contributed by atoms with Crippen LogP contribution in [0.25, 0.3) is 0 Å². The second-order valence-electron chi connectivity index (χ2n) is 5.63. The number of hydrogen-bond donors (Lipinski definition) is 1. The van der Waals surface area contributed by atoms with E-state index in [4.69, 9.17) is 4.74 Å². The fourth-order valence-corrected chi connectivity index (χ4v) is 2.71. The second kappa shape index (κ2) is 8.43. The topological polar surface area (TPSA) is 75.7 Å². The highest BCUT2D eigenvalue weighted by molar-refractivity contribution is 7.11. The van der Waals surface area contributed by atoms with E-state index in [-0.39, 0.29) is 12.5 Å². The van der Waals surface area contributed by atoms with E-state index in [9.17, 15) is 14.4 Å². The highest BCUT2D eigenvalue weighted by Gasteiger charge is 2.23. The van der Waals surface area contributed by atoms with Gasteiger partial charge in [-0.2, -0.15) is 0 Å². The van der Waals surface area contributed by atoms with Crippen molar-refractivity contribution >= 4 is 34.8 Å². The first-order valence-electron chi connectivity index (χ1n) is 7.73. The van der Waals surface area contributed by atoms with E-state index in [0.717, 1.165) is 5.56 Å². The zero-order valence-electron chi connectivity index (χ0n) is 14.3.